The van der Waals surface area contributed by atoms with Crippen molar-refractivity contribution >= 4 is 47.3 Å². The van der Waals surface area contributed by atoms with Gasteiger partial charge in [-0.2, -0.15) is 0 Å². The molecule has 10 N–H and O–H groups in total. The maximum Gasteiger partial charge on any atom is 0.322 e. The van der Waals surface area contributed by atoms with E-state index in [4.69, 9.17) is 10.8 Å². The Bertz CT molecular complexity index is 1520. The molecule has 17 heteroatoms. The lowest BCUT2D eigenvalue weighted by molar-refractivity contribution is -0.138. The highest BCUT2D eigenvalue weighted by Crippen LogP contribution is 2.12. The van der Waals surface area contributed by atoms with Crippen molar-refractivity contribution in [1.82, 2.24) is 31.9 Å². The van der Waals surface area contributed by atoms with Crippen molar-refractivity contribution in [1.29, 1.82) is 0 Å². The van der Waals surface area contributed by atoms with Crippen molar-refractivity contribution in [3.8, 4) is 5.75 Å². The van der Waals surface area contributed by atoms with Crippen LogP contribution in [0.2, 0.25) is 0 Å². The van der Waals surface area contributed by atoms with Gasteiger partial charge >= 0.3 is 5.97 Å². The molecule has 0 radical (unpaired) electrons. The topological polar surface area (TPSA) is 275 Å². The number of nitrogens with two attached hydrogens (primary N) is 1. The number of aromatic hydroxyl groups is 1. The molecule has 0 aromatic heterocycles. The molecular weight excluding hydrogens is 642 g/mol. The van der Waals surface area contributed by atoms with Gasteiger partial charge in [0.1, 0.15) is 42.5 Å². The van der Waals surface area contributed by atoms with Crippen molar-refractivity contribution < 1.29 is 48.6 Å². The lowest BCUT2D eigenvalue weighted by Crippen LogP contribution is -2.58. The number of hydrogen-bond acceptors (Lipinski definition) is 9. The highest BCUT2D eigenvalue weighted by atomic mass is 16.4. The Morgan fingerprint density at radius 1 is 0.653 bits per heavy atom. The van der Waals surface area contributed by atoms with Crippen molar-refractivity contribution in [3.63, 3.8) is 0 Å². The van der Waals surface area contributed by atoms with Gasteiger partial charge in [0.15, 0.2) is 0 Å². The summed E-state index contributed by atoms with van der Waals surface area (Å²) in [7, 11) is 0. The van der Waals surface area contributed by atoms with Crippen molar-refractivity contribution in [2.45, 2.75) is 70.2 Å². The van der Waals surface area contributed by atoms with E-state index in [9.17, 15) is 43.5 Å². The van der Waals surface area contributed by atoms with E-state index in [2.05, 4.69) is 31.9 Å². The molecule has 0 spiro atoms. The molecule has 0 saturated carbocycles. The summed E-state index contributed by atoms with van der Waals surface area (Å²) in [5, 5.41) is 32.8. The Balaban J connectivity index is 2.07. The molecule has 0 saturated heterocycles. The van der Waals surface area contributed by atoms with Crippen molar-refractivity contribution in [3.05, 3.63) is 65.7 Å². The molecule has 5 atom stereocenters. The Hall–Kier alpha value is -6.00. The van der Waals surface area contributed by atoms with Gasteiger partial charge < -0.3 is 47.8 Å². The van der Waals surface area contributed by atoms with Gasteiger partial charge in [-0.15, -0.1) is 0 Å². The predicted octanol–water partition coefficient (Wildman–Crippen LogP) is -1.80. The lowest BCUT2D eigenvalue weighted by Gasteiger charge is -2.24. The molecule has 2 aromatic carbocycles. The first kappa shape index (κ1) is 39.2. The van der Waals surface area contributed by atoms with Crippen molar-refractivity contribution in [2.24, 2.45) is 5.73 Å². The average molecular weight is 684 g/mol. The van der Waals surface area contributed by atoms with Crippen LogP contribution in [0.5, 0.6) is 5.75 Å². The minimum Gasteiger partial charge on any atom is -0.508 e. The Labute approximate surface area is 281 Å². The molecule has 0 aliphatic carbocycles. The molecule has 2 aromatic rings. The first-order chi connectivity index (χ1) is 23.1. The fraction of sp³-hybridized carbons (Fsp3) is 0.375. The first-order valence-corrected chi connectivity index (χ1v) is 15.2. The summed E-state index contributed by atoms with van der Waals surface area (Å²) in [5.41, 5.74) is 6.01. The van der Waals surface area contributed by atoms with Crippen LogP contribution >= 0.6 is 0 Å². The molecule has 0 unspecified atom stereocenters. The molecule has 0 aliphatic rings. The van der Waals surface area contributed by atoms with Crippen LogP contribution in [0, 0.1) is 0 Å². The number of hydrogen-bond donors (Lipinski definition) is 9. The summed E-state index contributed by atoms with van der Waals surface area (Å²) in [6.45, 7) is 3.31. The lowest BCUT2D eigenvalue weighted by atomic mass is 10.0. The molecule has 0 fully saturated rings. The normalized spacial score (nSPS) is 13.6. The van der Waals surface area contributed by atoms with Crippen LogP contribution in [0.1, 0.15) is 49.5 Å². The number of carboxylic acid groups (broad SMARTS) is 1. The van der Waals surface area contributed by atoms with Crippen LogP contribution in [-0.2, 0) is 40.0 Å². The Kier molecular flexibility index (Phi) is 15.2. The first-order valence-electron chi connectivity index (χ1n) is 15.2. The number of benzene rings is 2. The zero-order valence-corrected chi connectivity index (χ0v) is 27.1. The molecular formula is C32H41N7O10. The van der Waals surface area contributed by atoms with E-state index < -0.39 is 84.1 Å². The quantitative estimate of drug-likeness (QED) is 0.0850. The third-order valence-electron chi connectivity index (χ3n) is 7.02. The van der Waals surface area contributed by atoms with Crippen LogP contribution in [-0.4, -0.2) is 94.3 Å². The number of rotatable bonds is 18. The SMILES string of the molecule is C[C@H](NC(=O)[C@H](C)NC(=O)[C@H](CCC(N)=O)NC(=O)c1ccccc1)C(=O)N[C@@H](Cc1ccc(O)cc1)C(=O)N[C@@H](C)C(=O)NCC(=O)O. The number of primary amides is 1. The van der Waals surface area contributed by atoms with Gasteiger partial charge in [-0.25, -0.2) is 0 Å². The molecule has 2 rings (SSSR count). The van der Waals surface area contributed by atoms with Gasteiger partial charge in [0.2, 0.25) is 35.4 Å². The van der Waals surface area contributed by atoms with E-state index in [-0.39, 0.29) is 30.6 Å². The third kappa shape index (κ3) is 13.7. The van der Waals surface area contributed by atoms with E-state index in [0.29, 0.717) is 5.56 Å². The van der Waals surface area contributed by atoms with Gasteiger partial charge in [-0.3, -0.25) is 38.4 Å². The second-order valence-electron chi connectivity index (χ2n) is 11.1. The molecule has 7 amide bonds. The van der Waals surface area contributed by atoms with Crippen LogP contribution in [0.3, 0.4) is 0 Å². The third-order valence-corrected chi connectivity index (χ3v) is 7.02. The second kappa shape index (κ2) is 19.0. The summed E-state index contributed by atoms with van der Waals surface area (Å²) in [5.74, 6) is -6.56. The largest absolute Gasteiger partial charge is 0.508 e. The molecule has 17 nitrogen and oxygen atoms in total. The van der Waals surface area contributed by atoms with Gasteiger partial charge in [0.25, 0.3) is 5.91 Å². The average Bonchev–Trinajstić information content (AvgIpc) is 3.05. The van der Waals surface area contributed by atoms with Crippen LogP contribution in [0.25, 0.3) is 0 Å². The summed E-state index contributed by atoms with van der Waals surface area (Å²) >= 11 is 0. The number of aliphatic carboxylic acids is 1. The number of carbonyl (C=O) groups excluding carboxylic acids is 7. The fourth-order valence-electron chi connectivity index (χ4n) is 4.24. The summed E-state index contributed by atoms with van der Waals surface area (Å²) in [4.78, 5) is 99.2. The zero-order chi connectivity index (χ0) is 36.7. The maximum absolute atomic E-state index is 13.1. The van der Waals surface area contributed by atoms with Gasteiger partial charge in [0, 0.05) is 18.4 Å². The van der Waals surface area contributed by atoms with E-state index >= 15 is 0 Å². The van der Waals surface area contributed by atoms with Crippen LogP contribution < -0.4 is 37.6 Å². The second-order valence-corrected chi connectivity index (χ2v) is 11.1. The number of phenolic OH excluding ortho intramolecular Hbond substituents is 1. The van der Waals surface area contributed by atoms with Gasteiger partial charge in [0.05, 0.1) is 0 Å². The van der Waals surface area contributed by atoms with E-state index in [1.165, 1.54) is 57.2 Å². The summed E-state index contributed by atoms with van der Waals surface area (Å²) < 4.78 is 0. The van der Waals surface area contributed by atoms with Crippen LogP contribution in [0.15, 0.2) is 54.6 Å². The highest BCUT2D eigenvalue weighted by molar-refractivity contribution is 5.99. The highest BCUT2D eigenvalue weighted by Gasteiger charge is 2.29. The molecule has 0 aliphatic heterocycles. The minimum atomic E-state index is -1.29. The Morgan fingerprint density at radius 3 is 1.71 bits per heavy atom. The summed E-state index contributed by atoms with van der Waals surface area (Å²) in [6.07, 6.45) is -0.456. The molecule has 49 heavy (non-hydrogen) atoms. The van der Waals surface area contributed by atoms with E-state index in [1.54, 1.807) is 18.2 Å². The standard InChI is InChI=1S/C32H41N7O10/c1-17(27(44)34-16-26(42)43)36-32(49)24(15-20-9-11-22(40)12-10-20)39-29(46)19(3)35-28(45)18(2)37-31(48)23(13-14-25(33)41)38-30(47)21-7-5-4-6-8-21/h4-12,17-19,23-24,40H,13-16H2,1-3H3,(H2,33,41)(H,34,44)(H,35,45)(H,36,49)(H,37,48)(H,38,47)(H,39,46)(H,42,43)/t17-,18-,19-,23-,24-/m0/s1. The smallest absolute Gasteiger partial charge is 0.322 e. The molecule has 0 bridgehead atoms. The van der Waals surface area contributed by atoms with Gasteiger partial charge in [-0.1, -0.05) is 30.3 Å². The number of carboxylic acids is 1. The van der Waals surface area contributed by atoms with E-state index in [1.807, 2.05) is 0 Å². The monoisotopic (exact) mass is 683 g/mol. The predicted molar refractivity (Wildman–Crippen MR) is 173 cm³/mol. The minimum absolute atomic E-state index is 0.0344. The van der Waals surface area contributed by atoms with Crippen molar-refractivity contribution in [2.75, 3.05) is 6.54 Å². The van der Waals surface area contributed by atoms with Gasteiger partial charge in [-0.05, 0) is 57.0 Å². The number of phenols is 1. The zero-order valence-electron chi connectivity index (χ0n) is 27.1. The summed E-state index contributed by atoms with van der Waals surface area (Å²) in [6, 6.07) is 7.67. The number of nitrogens with one attached hydrogen (secondary N) is 6. The Morgan fingerprint density at radius 2 is 1.16 bits per heavy atom. The number of amides is 7. The maximum atomic E-state index is 13.1. The number of carbonyl (C=O) groups is 8. The molecule has 264 valence electrons. The fourth-order valence-corrected chi connectivity index (χ4v) is 4.24. The van der Waals surface area contributed by atoms with Crippen LogP contribution in [0.4, 0.5) is 0 Å². The molecule has 0 heterocycles. The van der Waals surface area contributed by atoms with E-state index in [0.717, 1.165) is 0 Å².